The predicted octanol–water partition coefficient (Wildman–Crippen LogP) is 14.0. The Morgan fingerprint density at radius 2 is 0.558 bits per heavy atom. The van der Waals surface area contributed by atoms with Gasteiger partial charge in [-0.2, -0.15) is 0 Å². The van der Waals surface area contributed by atoms with Crippen molar-refractivity contribution in [3.05, 3.63) is 0 Å². The molecule has 308 valence electrons. The van der Waals surface area contributed by atoms with E-state index >= 15 is 0 Å². The minimum Gasteiger partial charge on any atom is -0.462 e. The van der Waals surface area contributed by atoms with Gasteiger partial charge in [-0.1, -0.05) is 202 Å². The summed E-state index contributed by atoms with van der Waals surface area (Å²) in [5.41, 5.74) is 0. The molecule has 0 heterocycles. The van der Waals surface area contributed by atoms with Crippen molar-refractivity contribution >= 4 is 17.9 Å². The van der Waals surface area contributed by atoms with Crippen molar-refractivity contribution in [1.82, 2.24) is 0 Å². The number of hydrogen-bond donors (Lipinski definition) is 0. The lowest BCUT2D eigenvalue weighted by Crippen LogP contribution is -2.30. The zero-order chi connectivity index (χ0) is 38.5. The van der Waals surface area contributed by atoms with E-state index in [1.165, 1.54) is 122 Å². The van der Waals surface area contributed by atoms with Gasteiger partial charge in [0.25, 0.3) is 0 Å². The fraction of sp³-hybridized carbons (Fsp3) is 0.935. The normalized spacial score (nSPS) is 12.2. The van der Waals surface area contributed by atoms with Crippen LogP contribution in [0.2, 0.25) is 0 Å². The quantitative estimate of drug-likeness (QED) is 0.0355. The summed E-state index contributed by atoms with van der Waals surface area (Å²) < 4.78 is 16.7. The van der Waals surface area contributed by atoms with Gasteiger partial charge in [-0.05, 0) is 37.0 Å². The van der Waals surface area contributed by atoms with E-state index in [1.807, 2.05) is 0 Å². The first-order chi connectivity index (χ1) is 25.1. The van der Waals surface area contributed by atoms with Crippen LogP contribution < -0.4 is 0 Å². The standard InChI is InChI=1S/C46H88O6/c1-40(2)32-26-20-14-11-9-7-8-10-12-16-23-29-35-44(47)50-38-43(39-51-45(48)36-30-24-19-18-22-28-34-42(5)6)52-46(49)37-31-25-17-13-15-21-27-33-41(3)4/h40-43H,7-39H2,1-6H3/t43-/m0/s1. The summed E-state index contributed by atoms with van der Waals surface area (Å²) in [7, 11) is 0. The molecule has 0 aromatic carbocycles. The van der Waals surface area contributed by atoms with Crippen LogP contribution in [0.25, 0.3) is 0 Å². The van der Waals surface area contributed by atoms with Crippen molar-refractivity contribution in [3.8, 4) is 0 Å². The van der Waals surface area contributed by atoms with Gasteiger partial charge in [-0.25, -0.2) is 0 Å². The van der Waals surface area contributed by atoms with E-state index in [4.69, 9.17) is 14.2 Å². The van der Waals surface area contributed by atoms with Crippen LogP contribution in [0.3, 0.4) is 0 Å². The largest absolute Gasteiger partial charge is 0.462 e. The van der Waals surface area contributed by atoms with Crippen LogP contribution in [0.4, 0.5) is 0 Å². The van der Waals surface area contributed by atoms with Crippen LogP contribution in [0, 0.1) is 17.8 Å². The molecule has 0 saturated carbocycles. The number of esters is 3. The first-order valence-corrected chi connectivity index (χ1v) is 22.6. The summed E-state index contributed by atoms with van der Waals surface area (Å²) in [6.07, 6.45) is 34.0. The van der Waals surface area contributed by atoms with Crippen LogP contribution in [-0.4, -0.2) is 37.2 Å². The molecule has 6 heteroatoms. The lowest BCUT2D eigenvalue weighted by molar-refractivity contribution is -0.167. The number of unbranched alkanes of at least 4 members (excludes halogenated alkanes) is 22. The maximum Gasteiger partial charge on any atom is 0.306 e. The zero-order valence-corrected chi connectivity index (χ0v) is 35.6. The van der Waals surface area contributed by atoms with Gasteiger partial charge < -0.3 is 14.2 Å². The number of carbonyl (C=O) groups excluding carboxylic acids is 3. The van der Waals surface area contributed by atoms with Crippen molar-refractivity contribution in [3.63, 3.8) is 0 Å². The van der Waals surface area contributed by atoms with Gasteiger partial charge in [-0.15, -0.1) is 0 Å². The van der Waals surface area contributed by atoms with Crippen LogP contribution in [0.1, 0.15) is 241 Å². The smallest absolute Gasteiger partial charge is 0.306 e. The Bertz CT molecular complexity index is 807. The summed E-state index contributed by atoms with van der Waals surface area (Å²) in [6, 6.07) is 0. The van der Waals surface area contributed by atoms with E-state index in [9.17, 15) is 14.4 Å². The molecule has 0 aliphatic rings. The molecule has 0 N–H and O–H groups in total. The van der Waals surface area contributed by atoms with E-state index in [0.717, 1.165) is 75.5 Å². The maximum atomic E-state index is 12.7. The summed E-state index contributed by atoms with van der Waals surface area (Å²) in [5, 5.41) is 0. The Hall–Kier alpha value is -1.59. The highest BCUT2D eigenvalue weighted by Gasteiger charge is 2.19. The number of ether oxygens (including phenoxy) is 3. The van der Waals surface area contributed by atoms with Gasteiger partial charge in [0.2, 0.25) is 0 Å². The maximum absolute atomic E-state index is 12.7. The Morgan fingerprint density at radius 1 is 0.327 bits per heavy atom. The Kier molecular flexibility index (Phi) is 36.6. The summed E-state index contributed by atoms with van der Waals surface area (Å²) >= 11 is 0. The molecular weight excluding hydrogens is 648 g/mol. The molecule has 0 fully saturated rings. The van der Waals surface area contributed by atoms with Crippen molar-refractivity contribution in [2.75, 3.05) is 13.2 Å². The fourth-order valence-electron chi connectivity index (χ4n) is 6.70. The van der Waals surface area contributed by atoms with Crippen molar-refractivity contribution in [1.29, 1.82) is 0 Å². The fourth-order valence-corrected chi connectivity index (χ4v) is 6.70. The van der Waals surface area contributed by atoms with Crippen molar-refractivity contribution in [2.45, 2.75) is 247 Å². The van der Waals surface area contributed by atoms with Gasteiger partial charge in [0.15, 0.2) is 6.10 Å². The van der Waals surface area contributed by atoms with Crippen molar-refractivity contribution in [2.24, 2.45) is 17.8 Å². The highest BCUT2D eigenvalue weighted by molar-refractivity contribution is 5.71. The molecule has 0 aromatic heterocycles. The first-order valence-electron chi connectivity index (χ1n) is 22.6. The molecule has 52 heavy (non-hydrogen) atoms. The van der Waals surface area contributed by atoms with Crippen LogP contribution in [0.5, 0.6) is 0 Å². The van der Waals surface area contributed by atoms with Gasteiger partial charge >= 0.3 is 17.9 Å². The van der Waals surface area contributed by atoms with Gasteiger partial charge in [0.05, 0.1) is 0 Å². The molecule has 0 radical (unpaired) electrons. The molecule has 0 aliphatic carbocycles. The second kappa shape index (κ2) is 37.7. The SMILES string of the molecule is CC(C)CCCCCCCCCCCCCCC(=O)OC[C@@H](COC(=O)CCCCCCCCC(C)C)OC(=O)CCCCCCCCCC(C)C. The molecule has 0 saturated heterocycles. The van der Waals surface area contributed by atoms with E-state index < -0.39 is 6.10 Å². The number of carbonyl (C=O) groups is 3. The monoisotopic (exact) mass is 737 g/mol. The molecule has 6 nitrogen and oxygen atoms in total. The third-order valence-corrected chi connectivity index (χ3v) is 10.1. The molecule has 0 unspecified atom stereocenters. The molecule has 0 spiro atoms. The second-order valence-electron chi connectivity index (χ2n) is 17.1. The Labute approximate surface area is 323 Å². The molecular formula is C46H88O6. The van der Waals surface area contributed by atoms with Crippen LogP contribution in [0.15, 0.2) is 0 Å². The topological polar surface area (TPSA) is 78.9 Å². The molecule has 0 aromatic rings. The first kappa shape index (κ1) is 50.4. The zero-order valence-electron chi connectivity index (χ0n) is 35.6. The third-order valence-electron chi connectivity index (χ3n) is 10.1. The van der Waals surface area contributed by atoms with Gasteiger partial charge in [-0.3, -0.25) is 14.4 Å². The molecule has 0 amide bonds. The van der Waals surface area contributed by atoms with E-state index in [2.05, 4.69) is 41.5 Å². The average Bonchev–Trinajstić information content (AvgIpc) is 3.09. The number of rotatable bonds is 39. The molecule has 0 bridgehead atoms. The van der Waals surface area contributed by atoms with Crippen LogP contribution in [-0.2, 0) is 28.6 Å². The summed E-state index contributed by atoms with van der Waals surface area (Å²) in [6.45, 7) is 13.6. The minimum absolute atomic E-state index is 0.0671. The number of hydrogen-bond acceptors (Lipinski definition) is 6. The van der Waals surface area contributed by atoms with E-state index in [0.29, 0.717) is 19.3 Å². The lowest BCUT2D eigenvalue weighted by Gasteiger charge is -2.18. The summed E-state index contributed by atoms with van der Waals surface area (Å²) in [5.74, 6) is 1.51. The second-order valence-corrected chi connectivity index (χ2v) is 17.1. The predicted molar refractivity (Wildman–Crippen MR) is 219 cm³/mol. The Morgan fingerprint density at radius 3 is 0.827 bits per heavy atom. The Balaban J connectivity index is 4.29. The highest BCUT2D eigenvalue weighted by Crippen LogP contribution is 2.16. The van der Waals surface area contributed by atoms with Crippen LogP contribution >= 0.6 is 0 Å². The average molecular weight is 737 g/mol. The third kappa shape index (κ3) is 39.6. The van der Waals surface area contributed by atoms with E-state index in [-0.39, 0.29) is 31.1 Å². The highest BCUT2D eigenvalue weighted by atomic mass is 16.6. The molecule has 0 aliphatic heterocycles. The lowest BCUT2D eigenvalue weighted by atomic mass is 10.0. The van der Waals surface area contributed by atoms with E-state index in [1.54, 1.807) is 0 Å². The summed E-state index contributed by atoms with van der Waals surface area (Å²) in [4.78, 5) is 37.6. The van der Waals surface area contributed by atoms with Gasteiger partial charge in [0.1, 0.15) is 13.2 Å². The van der Waals surface area contributed by atoms with Gasteiger partial charge in [0, 0.05) is 19.3 Å². The van der Waals surface area contributed by atoms with Crippen molar-refractivity contribution < 1.29 is 28.6 Å². The molecule has 1 atom stereocenters. The molecule has 0 rings (SSSR count). The minimum atomic E-state index is -0.762.